The topological polar surface area (TPSA) is 77.8 Å². The fourth-order valence-corrected chi connectivity index (χ4v) is 4.81. The minimum atomic E-state index is -0.620. The van der Waals surface area contributed by atoms with Crippen molar-refractivity contribution in [3.8, 4) is 5.75 Å². The standard InChI is InChI=1S/C27H30ClNO5/c1-6-32-26(31)23-16(3)29-20-12-27(4,5)13-21(30)24(20)25(23)22-10-8-18(34-22)14-33-17-7-9-19(28)15(2)11-17/h7-11,25,29H,6,12-14H2,1-5H3/t25-/m1/s1. The minimum Gasteiger partial charge on any atom is -0.486 e. The smallest absolute Gasteiger partial charge is 0.336 e. The van der Waals surface area contributed by atoms with Crippen molar-refractivity contribution in [1.29, 1.82) is 0 Å². The van der Waals surface area contributed by atoms with Crippen LogP contribution in [-0.4, -0.2) is 18.4 Å². The van der Waals surface area contributed by atoms with Gasteiger partial charge in [-0.2, -0.15) is 0 Å². The maximum absolute atomic E-state index is 13.3. The number of ether oxygens (including phenoxy) is 2. The summed E-state index contributed by atoms with van der Waals surface area (Å²) in [5, 5.41) is 3.99. The number of carbonyl (C=O) groups excluding carboxylic acids is 2. The number of ketones is 1. The van der Waals surface area contributed by atoms with Crippen LogP contribution in [0.3, 0.4) is 0 Å². The largest absolute Gasteiger partial charge is 0.486 e. The van der Waals surface area contributed by atoms with Gasteiger partial charge >= 0.3 is 5.97 Å². The van der Waals surface area contributed by atoms with E-state index in [-0.39, 0.29) is 24.4 Å². The average molecular weight is 484 g/mol. The van der Waals surface area contributed by atoms with Crippen LogP contribution in [0.1, 0.15) is 63.5 Å². The number of rotatable bonds is 6. The Bertz CT molecular complexity index is 1200. The molecule has 2 heterocycles. The van der Waals surface area contributed by atoms with Gasteiger partial charge in [-0.1, -0.05) is 25.4 Å². The first-order valence-corrected chi connectivity index (χ1v) is 11.9. The molecule has 0 amide bonds. The van der Waals surface area contributed by atoms with Gasteiger partial charge in [0.2, 0.25) is 0 Å². The van der Waals surface area contributed by atoms with Crippen LogP contribution in [0.25, 0.3) is 0 Å². The number of halogens is 1. The first-order valence-electron chi connectivity index (χ1n) is 11.5. The molecule has 0 saturated heterocycles. The van der Waals surface area contributed by atoms with Gasteiger partial charge < -0.3 is 19.2 Å². The monoisotopic (exact) mass is 483 g/mol. The summed E-state index contributed by atoms with van der Waals surface area (Å²) < 4.78 is 17.4. The molecule has 0 fully saturated rings. The van der Waals surface area contributed by atoms with Crippen molar-refractivity contribution in [2.24, 2.45) is 5.41 Å². The van der Waals surface area contributed by atoms with Crippen LogP contribution >= 0.6 is 11.6 Å². The van der Waals surface area contributed by atoms with Crippen molar-refractivity contribution in [3.05, 3.63) is 75.0 Å². The molecule has 0 saturated carbocycles. The number of carbonyl (C=O) groups is 2. The Morgan fingerprint density at radius 1 is 1.21 bits per heavy atom. The highest BCUT2D eigenvalue weighted by Crippen LogP contribution is 2.47. The summed E-state index contributed by atoms with van der Waals surface area (Å²) in [5.41, 5.74) is 3.29. The van der Waals surface area contributed by atoms with Gasteiger partial charge in [0.1, 0.15) is 23.9 Å². The van der Waals surface area contributed by atoms with Crippen LogP contribution < -0.4 is 10.1 Å². The summed E-state index contributed by atoms with van der Waals surface area (Å²) in [5.74, 6) is 0.740. The fourth-order valence-electron chi connectivity index (χ4n) is 4.69. The Kier molecular flexibility index (Phi) is 6.63. The number of dihydropyridines is 1. The summed E-state index contributed by atoms with van der Waals surface area (Å²) in [6.45, 7) is 10.1. The summed E-state index contributed by atoms with van der Waals surface area (Å²) in [4.78, 5) is 26.2. The zero-order valence-corrected chi connectivity index (χ0v) is 21.0. The van der Waals surface area contributed by atoms with E-state index in [4.69, 9.17) is 25.5 Å². The summed E-state index contributed by atoms with van der Waals surface area (Å²) in [6, 6.07) is 9.08. The maximum Gasteiger partial charge on any atom is 0.336 e. The molecule has 1 aliphatic heterocycles. The molecule has 0 bridgehead atoms. The second-order valence-electron chi connectivity index (χ2n) is 9.65. The number of esters is 1. The van der Waals surface area contributed by atoms with Crippen molar-refractivity contribution >= 4 is 23.4 Å². The van der Waals surface area contributed by atoms with E-state index in [2.05, 4.69) is 19.2 Å². The van der Waals surface area contributed by atoms with Crippen LogP contribution in [0.4, 0.5) is 0 Å². The van der Waals surface area contributed by atoms with E-state index < -0.39 is 11.9 Å². The molecule has 0 radical (unpaired) electrons. The second-order valence-corrected chi connectivity index (χ2v) is 10.1. The Balaban J connectivity index is 1.67. The van der Waals surface area contributed by atoms with Crippen molar-refractivity contribution in [2.45, 2.75) is 60.0 Å². The van der Waals surface area contributed by atoms with E-state index in [1.165, 1.54) is 0 Å². The predicted molar refractivity (Wildman–Crippen MR) is 129 cm³/mol. The molecule has 34 heavy (non-hydrogen) atoms. The first kappa shape index (κ1) is 24.1. The normalized spacial score (nSPS) is 19.6. The fraction of sp³-hybridized carbons (Fsp3) is 0.407. The van der Waals surface area contributed by atoms with E-state index in [0.29, 0.717) is 52.0 Å². The van der Waals surface area contributed by atoms with Gasteiger partial charge in [-0.05, 0) is 68.5 Å². The van der Waals surface area contributed by atoms with Gasteiger partial charge in [0, 0.05) is 28.4 Å². The van der Waals surface area contributed by atoms with Gasteiger partial charge in [-0.15, -0.1) is 0 Å². The number of nitrogens with one attached hydrogen (secondary N) is 1. The summed E-state index contributed by atoms with van der Waals surface area (Å²) >= 11 is 6.09. The van der Waals surface area contributed by atoms with Crippen LogP contribution in [0.5, 0.6) is 5.75 Å². The van der Waals surface area contributed by atoms with Crippen LogP contribution in [0, 0.1) is 12.3 Å². The molecular formula is C27H30ClNO5. The van der Waals surface area contributed by atoms with E-state index >= 15 is 0 Å². The molecule has 1 aromatic carbocycles. The third-order valence-corrected chi connectivity index (χ3v) is 6.64. The Morgan fingerprint density at radius 3 is 2.68 bits per heavy atom. The average Bonchev–Trinajstić information content (AvgIpc) is 3.21. The molecule has 7 heteroatoms. The van der Waals surface area contributed by atoms with E-state index in [9.17, 15) is 9.59 Å². The minimum absolute atomic E-state index is 0.0175. The van der Waals surface area contributed by atoms with Gasteiger partial charge in [-0.25, -0.2) is 4.79 Å². The molecular weight excluding hydrogens is 454 g/mol. The Labute approximate surface area is 204 Å². The van der Waals surface area contributed by atoms with E-state index in [1.807, 2.05) is 32.0 Å². The van der Waals surface area contributed by atoms with Gasteiger partial charge in [0.25, 0.3) is 0 Å². The molecule has 6 nitrogen and oxygen atoms in total. The molecule has 1 aromatic heterocycles. The summed E-state index contributed by atoms with van der Waals surface area (Å²) in [7, 11) is 0. The molecule has 2 aliphatic rings. The lowest BCUT2D eigenvalue weighted by molar-refractivity contribution is -0.138. The highest BCUT2D eigenvalue weighted by atomic mass is 35.5. The quantitative estimate of drug-likeness (QED) is 0.508. The SMILES string of the molecule is CCOC(=O)C1=C(C)NC2=C(C(=O)CC(C)(C)C2)[C@@H]1c1ccc(COc2ccc(Cl)c(C)c2)o1. The van der Waals surface area contributed by atoms with Gasteiger partial charge in [0.15, 0.2) is 5.78 Å². The molecule has 1 aliphatic carbocycles. The Hall–Kier alpha value is -2.99. The van der Waals surface area contributed by atoms with Crippen molar-refractivity contribution in [1.82, 2.24) is 5.32 Å². The first-order chi connectivity index (χ1) is 16.1. The third kappa shape index (κ3) is 4.78. The van der Waals surface area contributed by atoms with Crippen LogP contribution in [0.2, 0.25) is 5.02 Å². The highest BCUT2D eigenvalue weighted by Gasteiger charge is 2.44. The molecule has 1 N–H and O–H groups in total. The number of Topliss-reactive ketones (excluding diaryl/α,β-unsaturated/α-hetero) is 1. The van der Waals surface area contributed by atoms with Crippen molar-refractivity contribution in [3.63, 3.8) is 0 Å². The highest BCUT2D eigenvalue weighted by molar-refractivity contribution is 6.31. The van der Waals surface area contributed by atoms with Crippen molar-refractivity contribution < 1.29 is 23.5 Å². The number of allylic oxidation sites excluding steroid dienone is 3. The molecule has 180 valence electrons. The maximum atomic E-state index is 13.3. The molecule has 1 atom stereocenters. The Morgan fingerprint density at radius 2 is 1.97 bits per heavy atom. The van der Waals surface area contributed by atoms with E-state index in [0.717, 1.165) is 11.3 Å². The zero-order valence-electron chi connectivity index (χ0n) is 20.2. The van der Waals surface area contributed by atoms with Crippen molar-refractivity contribution in [2.75, 3.05) is 6.61 Å². The molecule has 4 rings (SSSR count). The van der Waals surface area contributed by atoms with Crippen LogP contribution in [0.15, 0.2) is 57.3 Å². The summed E-state index contributed by atoms with van der Waals surface area (Å²) in [6.07, 6.45) is 1.12. The zero-order chi connectivity index (χ0) is 24.6. The third-order valence-electron chi connectivity index (χ3n) is 6.21. The molecule has 0 unspecified atom stereocenters. The number of benzene rings is 1. The number of furan rings is 1. The number of aryl methyl sites for hydroxylation is 1. The predicted octanol–water partition coefficient (Wildman–Crippen LogP) is 5.99. The number of hydrogen-bond acceptors (Lipinski definition) is 6. The van der Waals surface area contributed by atoms with Gasteiger partial charge in [-0.3, -0.25) is 4.79 Å². The lowest BCUT2D eigenvalue weighted by Crippen LogP contribution is -2.38. The van der Waals surface area contributed by atoms with Gasteiger partial charge in [0.05, 0.1) is 18.1 Å². The van der Waals surface area contributed by atoms with E-state index in [1.54, 1.807) is 19.1 Å². The number of hydrogen-bond donors (Lipinski definition) is 1. The molecule has 2 aromatic rings. The lowest BCUT2D eigenvalue weighted by atomic mass is 9.69. The lowest BCUT2D eigenvalue weighted by Gasteiger charge is -2.38. The second kappa shape index (κ2) is 9.34. The van der Waals surface area contributed by atoms with Crippen LogP contribution in [-0.2, 0) is 20.9 Å². The molecule has 0 spiro atoms.